The summed E-state index contributed by atoms with van der Waals surface area (Å²) in [6, 6.07) is 8.12. The molecule has 0 bridgehead atoms. The van der Waals surface area contributed by atoms with Crippen LogP contribution in [0.3, 0.4) is 0 Å². The van der Waals surface area contributed by atoms with Crippen molar-refractivity contribution < 1.29 is 9.47 Å². The summed E-state index contributed by atoms with van der Waals surface area (Å²) in [4.78, 5) is 0. The zero-order chi connectivity index (χ0) is 13.8. The summed E-state index contributed by atoms with van der Waals surface area (Å²) < 4.78 is 13.5. The van der Waals surface area contributed by atoms with Crippen molar-refractivity contribution >= 4 is 0 Å². The molecule has 3 rings (SSSR count). The van der Waals surface area contributed by atoms with Crippen LogP contribution in [0.5, 0.6) is 5.75 Å². The van der Waals surface area contributed by atoms with Crippen molar-refractivity contribution in [1.29, 1.82) is 0 Å². The van der Waals surface area contributed by atoms with E-state index in [9.17, 15) is 0 Å². The van der Waals surface area contributed by atoms with Gasteiger partial charge in [-0.25, -0.2) is 0 Å². The van der Waals surface area contributed by atoms with E-state index in [4.69, 9.17) is 9.47 Å². The number of fused-ring (bicyclic) bond motifs is 1. The highest BCUT2D eigenvalue weighted by Crippen LogP contribution is 2.19. The summed E-state index contributed by atoms with van der Waals surface area (Å²) in [6.07, 6.45) is 1.78. The summed E-state index contributed by atoms with van der Waals surface area (Å²) in [5.41, 5.74) is 1.21. The van der Waals surface area contributed by atoms with Crippen LogP contribution in [-0.4, -0.2) is 28.0 Å². The molecule has 0 spiro atoms. The van der Waals surface area contributed by atoms with Gasteiger partial charge in [0.1, 0.15) is 18.2 Å². The van der Waals surface area contributed by atoms with Gasteiger partial charge < -0.3 is 14.0 Å². The van der Waals surface area contributed by atoms with Crippen molar-refractivity contribution in [3.05, 3.63) is 41.5 Å². The number of aromatic nitrogens is 3. The Balaban J connectivity index is 1.74. The highest BCUT2D eigenvalue weighted by Gasteiger charge is 2.15. The van der Waals surface area contributed by atoms with Gasteiger partial charge in [-0.05, 0) is 18.1 Å². The maximum atomic E-state index is 5.92. The lowest BCUT2D eigenvalue weighted by atomic mass is 10.1. The SMILES string of the molecule is CCc1ccccc1OCc1nnc2n1CCOCC2. The maximum absolute atomic E-state index is 5.92. The van der Waals surface area contributed by atoms with Gasteiger partial charge in [0.05, 0.1) is 13.2 Å². The molecular formula is C15H19N3O2. The van der Waals surface area contributed by atoms with E-state index in [0.717, 1.165) is 43.4 Å². The fraction of sp³-hybridized carbons (Fsp3) is 0.467. The lowest BCUT2D eigenvalue weighted by molar-refractivity contribution is 0.139. The Morgan fingerprint density at radius 3 is 3.05 bits per heavy atom. The Morgan fingerprint density at radius 1 is 1.25 bits per heavy atom. The number of para-hydroxylation sites is 1. The van der Waals surface area contributed by atoms with Gasteiger partial charge in [-0.15, -0.1) is 10.2 Å². The van der Waals surface area contributed by atoms with E-state index < -0.39 is 0 Å². The van der Waals surface area contributed by atoms with E-state index in [1.54, 1.807) is 0 Å². The van der Waals surface area contributed by atoms with Gasteiger partial charge in [0.25, 0.3) is 0 Å². The zero-order valence-electron chi connectivity index (χ0n) is 11.7. The van der Waals surface area contributed by atoms with Crippen LogP contribution in [0, 0.1) is 0 Å². The van der Waals surface area contributed by atoms with Gasteiger partial charge in [-0.1, -0.05) is 25.1 Å². The molecule has 0 unspecified atom stereocenters. The van der Waals surface area contributed by atoms with Gasteiger partial charge in [-0.2, -0.15) is 0 Å². The molecule has 0 atom stereocenters. The third-order valence-electron chi connectivity index (χ3n) is 3.54. The van der Waals surface area contributed by atoms with Gasteiger partial charge in [0, 0.05) is 13.0 Å². The number of nitrogens with zero attached hydrogens (tertiary/aromatic N) is 3. The first-order valence-electron chi connectivity index (χ1n) is 7.08. The molecular weight excluding hydrogens is 254 g/mol. The smallest absolute Gasteiger partial charge is 0.171 e. The zero-order valence-corrected chi connectivity index (χ0v) is 11.7. The molecule has 0 N–H and O–H groups in total. The number of hydrogen-bond acceptors (Lipinski definition) is 4. The maximum Gasteiger partial charge on any atom is 0.171 e. The largest absolute Gasteiger partial charge is 0.485 e. The Labute approximate surface area is 118 Å². The fourth-order valence-electron chi connectivity index (χ4n) is 2.42. The molecule has 5 heteroatoms. The third kappa shape index (κ3) is 2.67. The van der Waals surface area contributed by atoms with E-state index in [-0.39, 0.29) is 0 Å². The molecule has 0 aliphatic carbocycles. The van der Waals surface area contributed by atoms with Crippen LogP contribution in [-0.2, 0) is 30.7 Å². The second-order valence-corrected chi connectivity index (χ2v) is 4.80. The summed E-state index contributed by atoms with van der Waals surface area (Å²) >= 11 is 0. The standard InChI is InChI=1S/C15H19N3O2/c1-2-12-5-3-4-6-13(12)20-11-15-17-16-14-7-9-19-10-8-18(14)15/h3-6H,2,7-11H2,1H3. The molecule has 0 saturated carbocycles. The van der Waals surface area contributed by atoms with Crippen molar-refractivity contribution in [2.75, 3.05) is 13.2 Å². The minimum atomic E-state index is 0.448. The fourth-order valence-corrected chi connectivity index (χ4v) is 2.42. The lowest BCUT2D eigenvalue weighted by Gasteiger charge is -2.11. The summed E-state index contributed by atoms with van der Waals surface area (Å²) in [5, 5.41) is 8.47. The first kappa shape index (κ1) is 13.1. The normalized spacial score (nSPS) is 14.7. The van der Waals surface area contributed by atoms with Crippen molar-refractivity contribution in [1.82, 2.24) is 14.8 Å². The highest BCUT2D eigenvalue weighted by molar-refractivity contribution is 5.33. The number of hydrogen-bond donors (Lipinski definition) is 0. The summed E-state index contributed by atoms with van der Waals surface area (Å²) in [7, 11) is 0. The van der Waals surface area contributed by atoms with E-state index in [1.807, 2.05) is 18.2 Å². The molecule has 1 aliphatic heterocycles. The van der Waals surface area contributed by atoms with E-state index in [0.29, 0.717) is 13.2 Å². The molecule has 0 saturated heterocycles. The molecule has 0 radical (unpaired) electrons. The van der Waals surface area contributed by atoms with E-state index in [1.165, 1.54) is 5.56 Å². The predicted octanol–water partition coefficient (Wildman–Crippen LogP) is 1.99. The topological polar surface area (TPSA) is 49.2 Å². The molecule has 5 nitrogen and oxygen atoms in total. The minimum absolute atomic E-state index is 0.448. The average molecular weight is 273 g/mol. The Morgan fingerprint density at radius 2 is 2.15 bits per heavy atom. The van der Waals surface area contributed by atoms with Crippen molar-refractivity contribution in [3.63, 3.8) is 0 Å². The van der Waals surface area contributed by atoms with Crippen LogP contribution in [0.1, 0.15) is 24.1 Å². The van der Waals surface area contributed by atoms with Crippen molar-refractivity contribution in [3.8, 4) is 5.75 Å². The molecule has 2 heterocycles. The minimum Gasteiger partial charge on any atom is -0.485 e. The van der Waals surface area contributed by atoms with Gasteiger partial charge in [-0.3, -0.25) is 0 Å². The van der Waals surface area contributed by atoms with Crippen LogP contribution < -0.4 is 4.74 Å². The van der Waals surface area contributed by atoms with Crippen LogP contribution in [0.2, 0.25) is 0 Å². The van der Waals surface area contributed by atoms with Crippen LogP contribution in [0.4, 0.5) is 0 Å². The molecule has 1 aromatic heterocycles. The molecule has 0 amide bonds. The molecule has 106 valence electrons. The van der Waals surface area contributed by atoms with Gasteiger partial charge in [0.2, 0.25) is 0 Å². The van der Waals surface area contributed by atoms with Crippen LogP contribution in [0.15, 0.2) is 24.3 Å². The monoisotopic (exact) mass is 273 g/mol. The van der Waals surface area contributed by atoms with E-state index in [2.05, 4.69) is 27.8 Å². The lowest BCUT2D eigenvalue weighted by Crippen LogP contribution is -2.11. The molecule has 1 aliphatic rings. The highest BCUT2D eigenvalue weighted by atomic mass is 16.5. The Bertz CT molecular complexity index is 580. The van der Waals surface area contributed by atoms with Crippen molar-refractivity contribution in [2.24, 2.45) is 0 Å². The predicted molar refractivity (Wildman–Crippen MR) is 74.7 cm³/mol. The first-order valence-corrected chi connectivity index (χ1v) is 7.08. The van der Waals surface area contributed by atoms with Crippen LogP contribution in [0.25, 0.3) is 0 Å². The summed E-state index contributed by atoms with van der Waals surface area (Å²) in [6.45, 7) is 4.81. The Hall–Kier alpha value is -1.88. The Kier molecular flexibility index (Phi) is 3.97. The van der Waals surface area contributed by atoms with Gasteiger partial charge >= 0.3 is 0 Å². The van der Waals surface area contributed by atoms with Gasteiger partial charge in [0.15, 0.2) is 5.82 Å². The second-order valence-electron chi connectivity index (χ2n) is 4.80. The quantitative estimate of drug-likeness (QED) is 0.855. The molecule has 20 heavy (non-hydrogen) atoms. The van der Waals surface area contributed by atoms with E-state index >= 15 is 0 Å². The average Bonchev–Trinajstić information content (AvgIpc) is 2.72. The number of benzene rings is 1. The third-order valence-corrected chi connectivity index (χ3v) is 3.54. The van der Waals surface area contributed by atoms with Crippen molar-refractivity contribution in [2.45, 2.75) is 32.9 Å². The second kappa shape index (κ2) is 6.05. The summed E-state index contributed by atoms with van der Waals surface area (Å²) in [5.74, 6) is 2.79. The molecule has 2 aromatic rings. The first-order chi connectivity index (χ1) is 9.88. The molecule has 0 fully saturated rings. The number of rotatable bonds is 4. The van der Waals surface area contributed by atoms with Crippen LogP contribution >= 0.6 is 0 Å². The number of ether oxygens (including phenoxy) is 2. The number of aryl methyl sites for hydroxylation is 1. The molecule has 1 aromatic carbocycles.